The minimum absolute atomic E-state index is 0.00881. The molecule has 110 valence electrons. The predicted octanol–water partition coefficient (Wildman–Crippen LogP) is 2.08. The summed E-state index contributed by atoms with van der Waals surface area (Å²) < 4.78 is 17.4. The van der Waals surface area contributed by atoms with E-state index < -0.39 is 0 Å². The fourth-order valence-electron chi connectivity index (χ4n) is 2.36. The molecule has 2 aromatic rings. The third-order valence-electron chi connectivity index (χ3n) is 3.31. The van der Waals surface area contributed by atoms with Crippen LogP contribution in [0.4, 0.5) is 19.9 Å². The molecule has 8 heteroatoms. The van der Waals surface area contributed by atoms with E-state index in [4.69, 9.17) is 0 Å². The molecule has 2 amide bonds. The van der Waals surface area contributed by atoms with Gasteiger partial charge in [0.2, 0.25) is 0 Å². The van der Waals surface area contributed by atoms with Crippen LogP contribution in [0, 0.1) is 5.82 Å². The molecule has 0 spiro atoms. The summed E-state index contributed by atoms with van der Waals surface area (Å²) in [7, 11) is 0. The molecular formula is C13H14FN5OS. The molecule has 0 bridgehead atoms. The number of amides is 2. The molecule has 1 saturated heterocycles. The first-order valence-electron chi connectivity index (χ1n) is 6.57. The highest BCUT2D eigenvalue weighted by Crippen LogP contribution is 2.23. The Bertz CT molecular complexity index is 621. The number of nitrogens with one attached hydrogen (secondary N) is 2. The summed E-state index contributed by atoms with van der Waals surface area (Å²) in [5.74, 6) is -0.238. The van der Waals surface area contributed by atoms with Crippen LogP contribution in [0.2, 0.25) is 0 Å². The molecule has 1 aromatic heterocycles. The summed E-state index contributed by atoms with van der Waals surface area (Å²) in [6, 6.07) is 6.37. The molecule has 1 aliphatic rings. The van der Waals surface area contributed by atoms with Gasteiger partial charge in [-0.15, -0.1) is 5.10 Å². The van der Waals surface area contributed by atoms with Crippen LogP contribution in [0.25, 0.3) is 0 Å². The summed E-state index contributed by atoms with van der Waals surface area (Å²) in [5.41, 5.74) is 0.578. The molecule has 1 atom stereocenters. The lowest BCUT2D eigenvalue weighted by Crippen LogP contribution is -2.39. The highest BCUT2D eigenvalue weighted by molar-refractivity contribution is 7.10. The average Bonchev–Trinajstić information content (AvgIpc) is 3.11. The summed E-state index contributed by atoms with van der Waals surface area (Å²) in [5, 5.41) is 9.78. The van der Waals surface area contributed by atoms with E-state index in [0.717, 1.165) is 18.0 Å². The molecule has 6 nitrogen and oxygen atoms in total. The van der Waals surface area contributed by atoms with E-state index in [1.807, 2.05) is 11.0 Å². The number of benzene rings is 1. The van der Waals surface area contributed by atoms with Crippen molar-refractivity contribution in [2.24, 2.45) is 0 Å². The standard InChI is InChI=1S/C13H14FN5OS/c14-10-3-1-2-4-11(10)19-6-5-9(8-19)16-13(20)17-12-7-15-18-21-12/h1-4,7,9H,5-6,8H2,(H2,16,17,20)/t9-/m1/s1. The molecule has 1 aliphatic heterocycles. The fraction of sp³-hybridized carbons (Fsp3) is 0.308. The van der Waals surface area contributed by atoms with Gasteiger partial charge in [0, 0.05) is 30.7 Å². The number of hydrogen-bond donors (Lipinski definition) is 2. The molecule has 3 rings (SSSR count). The van der Waals surface area contributed by atoms with Gasteiger partial charge in [-0.1, -0.05) is 16.6 Å². The Morgan fingerprint density at radius 1 is 1.43 bits per heavy atom. The zero-order valence-electron chi connectivity index (χ0n) is 11.1. The van der Waals surface area contributed by atoms with Gasteiger partial charge in [0.05, 0.1) is 11.9 Å². The number of aromatic nitrogens is 2. The van der Waals surface area contributed by atoms with Gasteiger partial charge in [0.15, 0.2) is 0 Å². The van der Waals surface area contributed by atoms with E-state index >= 15 is 0 Å². The zero-order valence-corrected chi connectivity index (χ0v) is 11.9. The highest BCUT2D eigenvalue weighted by atomic mass is 32.1. The van der Waals surface area contributed by atoms with E-state index in [9.17, 15) is 9.18 Å². The molecule has 0 radical (unpaired) electrons. The summed E-state index contributed by atoms with van der Waals surface area (Å²) in [6.07, 6.45) is 2.27. The van der Waals surface area contributed by atoms with Crippen molar-refractivity contribution in [3.63, 3.8) is 0 Å². The predicted molar refractivity (Wildman–Crippen MR) is 79.1 cm³/mol. The van der Waals surface area contributed by atoms with Crippen molar-refractivity contribution in [2.75, 3.05) is 23.3 Å². The van der Waals surface area contributed by atoms with Crippen LogP contribution in [-0.4, -0.2) is 34.7 Å². The number of rotatable bonds is 3. The molecule has 0 aliphatic carbocycles. The largest absolute Gasteiger partial charge is 0.367 e. The van der Waals surface area contributed by atoms with Gasteiger partial charge >= 0.3 is 6.03 Å². The quantitative estimate of drug-likeness (QED) is 0.911. The van der Waals surface area contributed by atoms with Gasteiger partial charge < -0.3 is 10.2 Å². The smallest absolute Gasteiger partial charge is 0.320 e. The fourth-order valence-corrected chi connectivity index (χ4v) is 2.78. The number of carbonyl (C=O) groups is 1. The van der Waals surface area contributed by atoms with Gasteiger partial charge in [-0.05, 0) is 18.6 Å². The topological polar surface area (TPSA) is 70.1 Å². The van der Waals surface area contributed by atoms with Gasteiger partial charge in [-0.2, -0.15) is 0 Å². The second-order valence-electron chi connectivity index (χ2n) is 4.76. The monoisotopic (exact) mass is 307 g/mol. The number of anilines is 2. The Hall–Kier alpha value is -2.22. The van der Waals surface area contributed by atoms with Gasteiger partial charge in [-0.3, -0.25) is 5.32 Å². The van der Waals surface area contributed by atoms with Crippen LogP contribution in [0.15, 0.2) is 30.5 Å². The first-order chi connectivity index (χ1) is 10.2. The van der Waals surface area contributed by atoms with E-state index in [-0.39, 0.29) is 17.9 Å². The Labute approximate surface area is 125 Å². The lowest BCUT2D eigenvalue weighted by molar-refractivity contribution is 0.249. The second kappa shape index (κ2) is 6.04. The van der Waals surface area contributed by atoms with Crippen molar-refractivity contribution in [2.45, 2.75) is 12.5 Å². The van der Waals surface area contributed by atoms with Crippen LogP contribution < -0.4 is 15.5 Å². The van der Waals surface area contributed by atoms with Crippen LogP contribution in [-0.2, 0) is 0 Å². The van der Waals surface area contributed by atoms with E-state index in [2.05, 4.69) is 20.2 Å². The molecular weight excluding hydrogens is 293 g/mol. The highest BCUT2D eigenvalue weighted by Gasteiger charge is 2.25. The SMILES string of the molecule is O=C(Nc1cnns1)N[C@@H]1CCN(c2ccccc2F)C1. The van der Waals surface area contributed by atoms with E-state index in [1.165, 1.54) is 12.3 Å². The third kappa shape index (κ3) is 3.27. The summed E-state index contributed by atoms with van der Waals surface area (Å²) in [4.78, 5) is 13.8. The first-order valence-corrected chi connectivity index (χ1v) is 7.34. The van der Waals surface area contributed by atoms with Crippen LogP contribution >= 0.6 is 11.5 Å². The van der Waals surface area contributed by atoms with E-state index in [1.54, 1.807) is 12.1 Å². The van der Waals surface area contributed by atoms with Crippen molar-refractivity contribution in [1.82, 2.24) is 14.9 Å². The van der Waals surface area contributed by atoms with E-state index in [0.29, 0.717) is 23.8 Å². The summed E-state index contributed by atoms with van der Waals surface area (Å²) >= 11 is 1.12. The second-order valence-corrected chi connectivity index (χ2v) is 5.55. The Balaban J connectivity index is 1.55. The maximum atomic E-state index is 13.7. The average molecular weight is 307 g/mol. The normalized spacial score (nSPS) is 17.8. The third-order valence-corrected chi connectivity index (χ3v) is 3.89. The van der Waals surface area contributed by atoms with Gasteiger partial charge in [-0.25, -0.2) is 9.18 Å². The van der Waals surface area contributed by atoms with Crippen LogP contribution in [0.1, 0.15) is 6.42 Å². The maximum absolute atomic E-state index is 13.7. The van der Waals surface area contributed by atoms with Crippen molar-refractivity contribution < 1.29 is 9.18 Å². The molecule has 0 saturated carbocycles. The van der Waals surface area contributed by atoms with Crippen molar-refractivity contribution in [3.8, 4) is 0 Å². The number of carbonyl (C=O) groups excluding carboxylic acids is 1. The lowest BCUT2D eigenvalue weighted by atomic mass is 10.2. The first kappa shape index (κ1) is 13.7. The lowest BCUT2D eigenvalue weighted by Gasteiger charge is -2.19. The minimum Gasteiger partial charge on any atom is -0.367 e. The molecule has 2 N–H and O–H groups in total. The molecule has 1 fully saturated rings. The molecule has 2 heterocycles. The molecule has 0 unspecified atom stereocenters. The Kier molecular flexibility index (Phi) is 3.96. The Morgan fingerprint density at radius 2 is 2.29 bits per heavy atom. The van der Waals surface area contributed by atoms with Crippen LogP contribution in [0.3, 0.4) is 0 Å². The molecule has 1 aromatic carbocycles. The number of hydrogen-bond acceptors (Lipinski definition) is 5. The van der Waals surface area contributed by atoms with Gasteiger partial charge in [0.1, 0.15) is 10.8 Å². The van der Waals surface area contributed by atoms with Crippen molar-refractivity contribution >= 4 is 28.3 Å². The van der Waals surface area contributed by atoms with Crippen LogP contribution in [0.5, 0.6) is 0 Å². The number of halogens is 1. The van der Waals surface area contributed by atoms with Crippen molar-refractivity contribution in [3.05, 3.63) is 36.3 Å². The maximum Gasteiger partial charge on any atom is 0.320 e. The molecule has 21 heavy (non-hydrogen) atoms. The number of urea groups is 1. The summed E-state index contributed by atoms with van der Waals surface area (Å²) in [6.45, 7) is 1.31. The number of para-hydroxylation sites is 1. The Morgan fingerprint density at radius 3 is 3.05 bits per heavy atom. The zero-order chi connectivity index (χ0) is 14.7. The minimum atomic E-state index is -0.290. The van der Waals surface area contributed by atoms with Gasteiger partial charge in [0.25, 0.3) is 0 Å². The van der Waals surface area contributed by atoms with Crippen molar-refractivity contribution in [1.29, 1.82) is 0 Å². The number of nitrogens with zero attached hydrogens (tertiary/aromatic N) is 3.